The molecule has 0 N–H and O–H groups in total. The highest BCUT2D eigenvalue weighted by molar-refractivity contribution is 14.1. The van der Waals surface area contributed by atoms with Gasteiger partial charge in [0.25, 0.3) is 0 Å². The fourth-order valence-electron chi connectivity index (χ4n) is 1.52. The smallest absolute Gasteiger partial charge is 0.242 e. The van der Waals surface area contributed by atoms with Crippen molar-refractivity contribution in [1.82, 2.24) is 0 Å². The third-order valence-electron chi connectivity index (χ3n) is 2.20. The molecule has 3 nitrogen and oxygen atoms in total. The van der Waals surface area contributed by atoms with Crippen LogP contribution in [0.15, 0.2) is 11.8 Å². The van der Waals surface area contributed by atoms with Gasteiger partial charge >= 0.3 is 0 Å². The predicted octanol–water partition coefficient (Wildman–Crippen LogP) is 2.77. The molecule has 4 heteroatoms. The lowest BCUT2D eigenvalue weighted by molar-refractivity contribution is -0.430. The van der Waals surface area contributed by atoms with Crippen LogP contribution in [0.3, 0.4) is 0 Å². The van der Waals surface area contributed by atoms with Crippen molar-refractivity contribution in [2.45, 2.75) is 25.7 Å². The molecule has 1 aliphatic rings. The first-order chi connectivity index (χ1) is 5.74. The van der Waals surface area contributed by atoms with Crippen molar-refractivity contribution in [3.63, 3.8) is 0 Å². The van der Waals surface area contributed by atoms with E-state index in [1.807, 2.05) is 0 Å². The van der Waals surface area contributed by atoms with E-state index in [4.69, 9.17) is 0 Å². The summed E-state index contributed by atoms with van der Waals surface area (Å²) in [4.78, 5) is 10.2. The van der Waals surface area contributed by atoms with Crippen molar-refractivity contribution in [3.8, 4) is 0 Å². The Morgan fingerprint density at radius 3 is 3.08 bits per heavy atom. The zero-order valence-electron chi connectivity index (χ0n) is 6.83. The number of halogens is 1. The van der Waals surface area contributed by atoms with Gasteiger partial charge in [0.15, 0.2) is 0 Å². The Labute approximate surface area is 85.5 Å². The van der Waals surface area contributed by atoms with Crippen LogP contribution < -0.4 is 0 Å². The van der Waals surface area contributed by atoms with E-state index in [1.165, 1.54) is 0 Å². The zero-order valence-corrected chi connectivity index (χ0v) is 8.99. The van der Waals surface area contributed by atoms with Crippen LogP contribution in [-0.4, -0.2) is 9.35 Å². The summed E-state index contributed by atoms with van der Waals surface area (Å²) in [6, 6.07) is 0. The predicted molar refractivity (Wildman–Crippen MR) is 55.9 cm³/mol. The Hall–Kier alpha value is -0.130. The lowest BCUT2D eigenvalue weighted by Crippen LogP contribution is -2.12. The van der Waals surface area contributed by atoms with Crippen LogP contribution in [0.1, 0.15) is 25.7 Å². The Balaban J connectivity index is 2.47. The highest BCUT2D eigenvalue weighted by Crippen LogP contribution is 2.27. The van der Waals surface area contributed by atoms with Crippen LogP contribution in [-0.2, 0) is 0 Å². The van der Waals surface area contributed by atoms with Gasteiger partial charge in [-0.15, -0.1) is 0 Å². The van der Waals surface area contributed by atoms with Crippen molar-refractivity contribution in [1.29, 1.82) is 0 Å². The van der Waals surface area contributed by atoms with Gasteiger partial charge in [0, 0.05) is 6.42 Å². The Kier molecular flexibility index (Phi) is 3.97. The van der Waals surface area contributed by atoms with E-state index in [-0.39, 0.29) is 4.92 Å². The molecule has 1 rings (SSSR count). The maximum atomic E-state index is 10.4. The van der Waals surface area contributed by atoms with Crippen molar-refractivity contribution in [2.75, 3.05) is 4.43 Å². The second-order valence-electron chi connectivity index (χ2n) is 3.08. The monoisotopic (exact) mass is 281 g/mol. The third kappa shape index (κ3) is 2.73. The van der Waals surface area contributed by atoms with Crippen LogP contribution in [0.5, 0.6) is 0 Å². The third-order valence-corrected chi connectivity index (χ3v) is 2.83. The van der Waals surface area contributed by atoms with Crippen LogP contribution in [0.2, 0.25) is 0 Å². The summed E-state index contributed by atoms with van der Waals surface area (Å²) >= 11 is 2.32. The Bertz CT molecular complexity index is 203. The van der Waals surface area contributed by atoms with Gasteiger partial charge in [-0.25, -0.2) is 0 Å². The lowest BCUT2D eigenvalue weighted by atomic mass is 9.90. The number of nitrogens with zero attached hydrogens (tertiary/aromatic N) is 1. The fraction of sp³-hybridized carbons (Fsp3) is 0.750. The maximum absolute atomic E-state index is 10.4. The summed E-state index contributed by atoms with van der Waals surface area (Å²) in [5, 5.41) is 10.4. The van der Waals surface area contributed by atoms with E-state index < -0.39 is 0 Å². The summed E-state index contributed by atoms with van der Waals surface area (Å²) in [7, 11) is 0. The largest absolute Gasteiger partial charge is 0.259 e. The number of hydrogen-bond donors (Lipinski definition) is 0. The molecule has 68 valence electrons. The van der Waals surface area contributed by atoms with Crippen molar-refractivity contribution >= 4 is 22.6 Å². The average Bonchev–Trinajstić information content (AvgIpc) is 2.05. The van der Waals surface area contributed by atoms with Crippen molar-refractivity contribution in [3.05, 3.63) is 21.9 Å². The molecule has 0 spiro atoms. The number of alkyl halides is 1. The van der Waals surface area contributed by atoms with Crippen molar-refractivity contribution < 1.29 is 4.92 Å². The van der Waals surface area contributed by atoms with Gasteiger partial charge in [-0.3, -0.25) is 10.1 Å². The molecule has 12 heavy (non-hydrogen) atoms. The Morgan fingerprint density at radius 2 is 2.50 bits per heavy atom. The van der Waals surface area contributed by atoms with Gasteiger partial charge in [0.05, 0.1) is 4.92 Å². The van der Waals surface area contributed by atoms with Gasteiger partial charge in [0.1, 0.15) is 0 Å². The molecule has 0 fully saturated rings. The van der Waals surface area contributed by atoms with E-state index >= 15 is 0 Å². The van der Waals surface area contributed by atoms with Gasteiger partial charge in [-0.1, -0.05) is 22.6 Å². The van der Waals surface area contributed by atoms with E-state index in [9.17, 15) is 10.1 Å². The molecule has 0 aliphatic heterocycles. The molecule has 0 aromatic carbocycles. The summed E-state index contributed by atoms with van der Waals surface area (Å²) in [5.74, 6) is 0.548. The number of hydrogen-bond acceptors (Lipinski definition) is 2. The average molecular weight is 281 g/mol. The quantitative estimate of drug-likeness (QED) is 0.345. The molecule has 1 atom stereocenters. The highest BCUT2D eigenvalue weighted by Gasteiger charge is 2.21. The molecular weight excluding hydrogens is 269 g/mol. The first-order valence-electron chi connectivity index (χ1n) is 4.13. The summed E-state index contributed by atoms with van der Waals surface area (Å²) < 4.78 is 1.10. The molecular formula is C8H12INO2. The Morgan fingerprint density at radius 1 is 1.75 bits per heavy atom. The minimum absolute atomic E-state index is 0.237. The van der Waals surface area contributed by atoms with Crippen LogP contribution in [0.4, 0.5) is 0 Å². The summed E-state index contributed by atoms with van der Waals surface area (Å²) in [6.07, 6.45) is 5.57. The van der Waals surface area contributed by atoms with Gasteiger partial charge in [-0.05, 0) is 35.7 Å². The molecule has 0 aromatic heterocycles. The van der Waals surface area contributed by atoms with Gasteiger partial charge in [0.2, 0.25) is 5.70 Å². The fourth-order valence-corrected chi connectivity index (χ4v) is 2.40. The molecule has 0 heterocycles. The number of allylic oxidation sites excluding steroid dienone is 2. The molecule has 0 saturated heterocycles. The summed E-state index contributed by atoms with van der Waals surface area (Å²) in [5.41, 5.74) is 0.427. The zero-order chi connectivity index (χ0) is 8.97. The second kappa shape index (κ2) is 4.79. The molecule has 0 saturated carbocycles. The summed E-state index contributed by atoms with van der Waals surface area (Å²) in [6.45, 7) is 0. The van der Waals surface area contributed by atoms with Crippen LogP contribution >= 0.6 is 22.6 Å². The first-order valence-corrected chi connectivity index (χ1v) is 5.66. The minimum Gasteiger partial charge on any atom is -0.259 e. The van der Waals surface area contributed by atoms with Gasteiger partial charge in [-0.2, -0.15) is 0 Å². The second-order valence-corrected chi connectivity index (χ2v) is 4.16. The van der Waals surface area contributed by atoms with Crippen molar-refractivity contribution in [2.24, 2.45) is 5.92 Å². The molecule has 0 amide bonds. The van der Waals surface area contributed by atoms with E-state index in [1.54, 1.807) is 6.08 Å². The standard InChI is InChI=1S/C8H12INO2/c9-5-4-7-2-1-3-8(6-7)10(11)12/h3,7H,1-2,4-6H2. The minimum atomic E-state index is -0.237. The highest BCUT2D eigenvalue weighted by atomic mass is 127. The SMILES string of the molecule is O=[N+]([O-])C1=CCCC(CCI)C1. The lowest BCUT2D eigenvalue weighted by Gasteiger charge is -2.16. The molecule has 0 radical (unpaired) electrons. The molecule has 1 aliphatic carbocycles. The first kappa shape index (κ1) is 9.95. The topological polar surface area (TPSA) is 43.1 Å². The maximum Gasteiger partial charge on any atom is 0.242 e. The number of rotatable bonds is 3. The molecule has 0 bridgehead atoms. The van der Waals surface area contributed by atoms with Crippen LogP contribution in [0, 0.1) is 16.0 Å². The molecule has 1 unspecified atom stereocenters. The van der Waals surface area contributed by atoms with Crippen LogP contribution in [0.25, 0.3) is 0 Å². The number of nitro groups is 1. The van der Waals surface area contributed by atoms with E-state index in [0.717, 1.165) is 23.7 Å². The normalized spacial score (nSPS) is 23.4. The van der Waals surface area contributed by atoms with E-state index in [2.05, 4.69) is 22.6 Å². The molecule has 0 aromatic rings. The van der Waals surface area contributed by atoms with E-state index in [0.29, 0.717) is 18.0 Å². The van der Waals surface area contributed by atoms with Gasteiger partial charge < -0.3 is 0 Å².